The van der Waals surface area contributed by atoms with Crippen LogP contribution in [-0.4, -0.2) is 20.2 Å². The zero-order chi connectivity index (χ0) is 8.23. The second kappa shape index (κ2) is 3.08. The van der Waals surface area contributed by atoms with Crippen LogP contribution >= 0.6 is 0 Å². The van der Waals surface area contributed by atoms with Crippen molar-refractivity contribution in [2.24, 2.45) is 0 Å². The van der Waals surface area contributed by atoms with E-state index in [1.165, 1.54) is 6.39 Å². The standard InChI is InChI=1S/C7H6N4O/c1-2-9-6(4-8-1)3-7-11-10-5-12-7/h1-2,4-5H,3H2. The first kappa shape index (κ1) is 6.90. The Bertz CT molecular complexity index is 332. The van der Waals surface area contributed by atoms with Crippen LogP contribution in [0.5, 0.6) is 0 Å². The molecule has 2 aromatic heterocycles. The molecule has 0 amide bonds. The Labute approximate surface area is 68.5 Å². The average molecular weight is 162 g/mol. The molecule has 0 aromatic carbocycles. The topological polar surface area (TPSA) is 64.7 Å². The summed E-state index contributed by atoms with van der Waals surface area (Å²) < 4.78 is 4.95. The lowest BCUT2D eigenvalue weighted by atomic mass is 10.3. The van der Waals surface area contributed by atoms with Crippen LogP contribution in [-0.2, 0) is 6.42 Å². The first-order chi connectivity index (χ1) is 5.95. The maximum atomic E-state index is 4.95. The lowest BCUT2D eigenvalue weighted by Gasteiger charge is -1.91. The van der Waals surface area contributed by atoms with Gasteiger partial charge in [-0.05, 0) is 0 Å². The van der Waals surface area contributed by atoms with Gasteiger partial charge < -0.3 is 4.42 Å². The van der Waals surface area contributed by atoms with Crippen molar-refractivity contribution < 1.29 is 4.42 Å². The van der Waals surface area contributed by atoms with Gasteiger partial charge in [-0.2, -0.15) is 0 Å². The van der Waals surface area contributed by atoms with Crippen molar-refractivity contribution >= 4 is 0 Å². The van der Waals surface area contributed by atoms with E-state index in [2.05, 4.69) is 20.2 Å². The summed E-state index contributed by atoms with van der Waals surface area (Å²) in [5.74, 6) is 0.551. The highest BCUT2D eigenvalue weighted by atomic mass is 16.4. The average Bonchev–Trinajstić information content (AvgIpc) is 2.59. The third-order valence-electron chi connectivity index (χ3n) is 1.35. The van der Waals surface area contributed by atoms with Gasteiger partial charge in [-0.25, -0.2) is 0 Å². The Kier molecular flexibility index (Phi) is 1.77. The molecule has 0 bridgehead atoms. The minimum Gasteiger partial charge on any atom is -0.428 e. The largest absolute Gasteiger partial charge is 0.428 e. The summed E-state index contributed by atoms with van der Waals surface area (Å²) >= 11 is 0. The Morgan fingerprint density at radius 3 is 3.00 bits per heavy atom. The van der Waals surface area contributed by atoms with E-state index in [1.54, 1.807) is 18.6 Å². The van der Waals surface area contributed by atoms with Gasteiger partial charge in [0.15, 0.2) is 0 Å². The number of hydrogen-bond donors (Lipinski definition) is 0. The van der Waals surface area contributed by atoms with Crippen molar-refractivity contribution in [2.45, 2.75) is 6.42 Å². The minimum atomic E-state index is 0.536. The highest BCUT2D eigenvalue weighted by molar-refractivity contribution is 5.01. The lowest BCUT2D eigenvalue weighted by Crippen LogP contribution is -1.92. The first-order valence-electron chi connectivity index (χ1n) is 3.45. The van der Waals surface area contributed by atoms with Crippen LogP contribution in [0.4, 0.5) is 0 Å². The second-order valence-electron chi connectivity index (χ2n) is 2.21. The van der Waals surface area contributed by atoms with Crippen molar-refractivity contribution in [1.29, 1.82) is 0 Å². The van der Waals surface area contributed by atoms with E-state index in [1.807, 2.05) is 0 Å². The van der Waals surface area contributed by atoms with Crippen molar-refractivity contribution in [3.8, 4) is 0 Å². The fourth-order valence-electron chi connectivity index (χ4n) is 0.849. The predicted octanol–water partition coefficient (Wildman–Crippen LogP) is 0.450. The maximum absolute atomic E-state index is 4.95. The Morgan fingerprint density at radius 1 is 1.33 bits per heavy atom. The van der Waals surface area contributed by atoms with E-state index >= 15 is 0 Å². The van der Waals surface area contributed by atoms with Crippen molar-refractivity contribution in [2.75, 3.05) is 0 Å². The van der Waals surface area contributed by atoms with E-state index in [-0.39, 0.29) is 0 Å². The van der Waals surface area contributed by atoms with Gasteiger partial charge in [-0.15, -0.1) is 10.2 Å². The Morgan fingerprint density at radius 2 is 2.33 bits per heavy atom. The van der Waals surface area contributed by atoms with Gasteiger partial charge in [0.25, 0.3) is 0 Å². The van der Waals surface area contributed by atoms with Gasteiger partial charge in [0.1, 0.15) is 0 Å². The molecule has 0 aliphatic rings. The van der Waals surface area contributed by atoms with Gasteiger partial charge in [0.05, 0.1) is 12.1 Å². The molecule has 0 N–H and O–H groups in total. The summed E-state index contributed by atoms with van der Waals surface area (Å²) in [4.78, 5) is 7.98. The highest BCUT2D eigenvalue weighted by Gasteiger charge is 2.00. The molecule has 0 unspecified atom stereocenters. The zero-order valence-electron chi connectivity index (χ0n) is 6.21. The number of hydrogen-bond acceptors (Lipinski definition) is 5. The molecule has 0 spiro atoms. The SMILES string of the molecule is c1cnc(Cc2nnco2)cn1. The van der Waals surface area contributed by atoms with E-state index in [0.29, 0.717) is 12.3 Å². The molecule has 5 heteroatoms. The summed E-state index contributed by atoms with van der Waals surface area (Å²) in [6.07, 6.45) is 6.76. The molecule has 0 aliphatic heterocycles. The summed E-state index contributed by atoms with van der Waals surface area (Å²) in [6, 6.07) is 0. The fraction of sp³-hybridized carbons (Fsp3) is 0.143. The van der Waals surface area contributed by atoms with E-state index in [9.17, 15) is 0 Å². The molecule has 0 fully saturated rings. The summed E-state index contributed by atoms with van der Waals surface area (Å²) in [6.45, 7) is 0. The smallest absolute Gasteiger partial charge is 0.222 e. The number of rotatable bonds is 2. The molecule has 2 rings (SSSR count). The Hall–Kier alpha value is -1.78. The molecule has 0 radical (unpaired) electrons. The molecule has 0 saturated heterocycles. The molecule has 5 nitrogen and oxygen atoms in total. The molecule has 2 heterocycles. The van der Waals surface area contributed by atoms with Crippen LogP contribution in [0.15, 0.2) is 29.4 Å². The minimum absolute atomic E-state index is 0.536. The summed E-state index contributed by atoms with van der Waals surface area (Å²) in [7, 11) is 0. The molecule has 0 atom stereocenters. The van der Waals surface area contributed by atoms with Gasteiger partial charge in [-0.1, -0.05) is 0 Å². The molecule has 0 aliphatic carbocycles. The van der Waals surface area contributed by atoms with Crippen molar-refractivity contribution in [1.82, 2.24) is 20.2 Å². The van der Waals surface area contributed by atoms with Gasteiger partial charge in [0.2, 0.25) is 12.3 Å². The monoisotopic (exact) mass is 162 g/mol. The molecule has 12 heavy (non-hydrogen) atoms. The highest BCUT2D eigenvalue weighted by Crippen LogP contribution is 2.00. The van der Waals surface area contributed by atoms with Crippen LogP contribution in [0.1, 0.15) is 11.6 Å². The molecular weight excluding hydrogens is 156 g/mol. The van der Waals surface area contributed by atoms with Gasteiger partial charge in [0, 0.05) is 18.6 Å². The van der Waals surface area contributed by atoms with E-state index < -0.39 is 0 Å². The second-order valence-corrected chi connectivity index (χ2v) is 2.21. The molecular formula is C7H6N4O. The van der Waals surface area contributed by atoms with E-state index in [0.717, 1.165) is 5.69 Å². The third kappa shape index (κ3) is 1.45. The fourth-order valence-corrected chi connectivity index (χ4v) is 0.849. The van der Waals surface area contributed by atoms with Gasteiger partial charge >= 0.3 is 0 Å². The quantitative estimate of drug-likeness (QED) is 0.641. The zero-order valence-corrected chi connectivity index (χ0v) is 6.21. The Balaban J connectivity index is 2.15. The van der Waals surface area contributed by atoms with Crippen LogP contribution in [0.3, 0.4) is 0 Å². The normalized spacial score (nSPS) is 10.0. The lowest BCUT2D eigenvalue weighted by molar-refractivity contribution is 0.503. The molecule has 0 saturated carbocycles. The number of nitrogens with zero attached hydrogens (tertiary/aromatic N) is 4. The predicted molar refractivity (Wildman–Crippen MR) is 39.1 cm³/mol. The number of aromatic nitrogens is 4. The van der Waals surface area contributed by atoms with E-state index in [4.69, 9.17) is 4.42 Å². The molecule has 60 valence electrons. The maximum Gasteiger partial charge on any atom is 0.222 e. The third-order valence-corrected chi connectivity index (χ3v) is 1.35. The van der Waals surface area contributed by atoms with Crippen LogP contribution < -0.4 is 0 Å². The first-order valence-corrected chi connectivity index (χ1v) is 3.45. The van der Waals surface area contributed by atoms with Crippen molar-refractivity contribution in [3.63, 3.8) is 0 Å². The van der Waals surface area contributed by atoms with Crippen molar-refractivity contribution in [3.05, 3.63) is 36.6 Å². The van der Waals surface area contributed by atoms with Crippen LogP contribution in [0, 0.1) is 0 Å². The van der Waals surface area contributed by atoms with Crippen LogP contribution in [0.25, 0.3) is 0 Å². The van der Waals surface area contributed by atoms with Crippen LogP contribution in [0.2, 0.25) is 0 Å². The summed E-state index contributed by atoms with van der Waals surface area (Å²) in [5.41, 5.74) is 0.821. The van der Waals surface area contributed by atoms with Gasteiger partial charge in [-0.3, -0.25) is 9.97 Å². The summed E-state index contributed by atoms with van der Waals surface area (Å²) in [5, 5.41) is 7.28. The molecule has 2 aromatic rings.